The molecule has 0 saturated carbocycles. The smallest absolute Gasteiger partial charge is 0.408 e. The molecule has 0 heterocycles. The number of hydrogen-bond acceptors (Lipinski definition) is 4. The van der Waals surface area contributed by atoms with E-state index in [4.69, 9.17) is 9.16 Å². The van der Waals surface area contributed by atoms with Gasteiger partial charge in [0.25, 0.3) is 0 Å². The predicted octanol–water partition coefficient (Wildman–Crippen LogP) is 3.10. The summed E-state index contributed by atoms with van der Waals surface area (Å²) in [4.78, 5) is 22.7. The fraction of sp³-hybridized carbons (Fsp3) is 0.857. The number of alkyl carbamates (subject to hydrolysis) is 1. The Morgan fingerprint density at radius 2 is 1.70 bits per heavy atom. The zero-order valence-corrected chi connectivity index (χ0v) is 15.0. The van der Waals surface area contributed by atoms with Gasteiger partial charge < -0.3 is 19.3 Å². The summed E-state index contributed by atoms with van der Waals surface area (Å²) in [5.41, 5.74) is -0.586. The van der Waals surface area contributed by atoms with Gasteiger partial charge in [0.05, 0.1) is 6.61 Å². The Kier molecular flexibility index (Phi) is 6.42. The van der Waals surface area contributed by atoms with E-state index in [1.54, 1.807) is 20.8 Å². The van der Waals surface area contributed by atoms with Crippen molar-refractivity contribution in [2.75, 3.05) is 6.61 Å². The van der Waals surface area contributed by atoms with Crippen molar-refractivity contribution >= 4 is 20.7 Å². The lowest BCUT2D eigenvalue weighted by Crippen LogP contribution is -2.47. The van der Waals surface area contributed by atoms with Crippen molar-refractivity contribution in [1.82, 2.24) is 5.32 Å². The van der Waals surface area contributed by atoms with Crippen LogP contribution < -0.4 is 5.32 Å². The molecule has 118 valence electrons. The van der Waals surface area contributed by atoms with Crippen molar-refractivity contribution in [3.8, 4) is 0 Å². The molecule has 6 heteroatoms. The van der Waals surface area contributed by atoms with E-state index < -0.39 is 26.1 Å². The van der Waals surface area contributed by atoms with Gasteiger partial charge >= 0.3 is 6.09 Å². The fourth-order valence-corrected chi connectivity index (χ4v) is 2.12. The van der Waals surface area contributed by atoms with E-state index in [1.165, 1.54) is 0 Å². The number of amides is 1. The summed E-state index contributed by atoms with van der Waals surface area (Å²) in [5, 5.41) is 2.58. The van der Waals surface area contributed by atoms with Crippen molar-refractivity contribution < 1.29 is 18.8 Å². The van der Waals surface area contributed by atoms with E-state index in [0.717, 1.165) is 0 Å². The molecule has 1 N–H and O–H groups in total. The molecule has 0 aliphatic rings. The van der Waals surface area contributed by atoms with Crippen molar-refractivity contribution in [3.63, 3.8) is 0 Å². The van der Waals surface area contributed by atoms with Crippen LogP contribution in [0.1, 0.15) is 41.5 Å². The third-order valence-corrected chi connectivity index (χ3v) is 7.80. The van der Waals surface area contributed by atoms with E-state index in [0.29, 0.717) is 6.29 Å². The Labute approximate surface area is 123 Å². The molecule has 1 atom stereocenters. The summed E-state index contributed by atoms with van der Waals surface area (Å²) < 4.78 is 11.0. The van der Waals surface area contributed by atoms with E-state index in [-0.39, 0.29) is 11.6 Å². The molecule has 0 aromatic carbocycles. The fourth-order valence-electron chi connectivity index (χ4n) is 1.09. The summed E-state index contributed by atoms with van der Waals surface area (Å²) in [6.07, 6.45) is 0.0743. The monoisotopic (exact) mass is 303 g/mol. The van der Waals surface area contributed by atoms with Crippen LogP contribution in [-0.2, 0) is 14.0 Å². The topological polar surface area (TPSA) is 64.6 Å². The van der Waals surface area contributed by atoms with Crippen molar-refractivity contribution in [1.29, 1.82) is 0 Å². The summed E-state index contributed by atoms with van der Waals surface area (Å²) >= 11 is 0. The van der Waals surface area contributed by atoms with Crippen molar-refractivity contribution in [2.24, 2.45) is 0 Å². The Hall–Kier alpha value is -0.883. The number of nitrogens with one attached hydrogen (secondary N) is 1. The summed E-state index contributed by atoms with van der Waals surface area (Å²) in [5.74, 6) is 0. The third-order valence-electron chi connectivity index (χ3n) is 3.30. The molecule has 0 rings (SSSR count). The summed E-state index contributed by atoms with van der Waals surface area (Å²) in [6.45, 7) is 16.1. The van der Waals surface area contributed by atoms with E-state index in [2.05, 4.69) is 39.2 Å². The predicted molar refractivity (Wildman–Crippen MR) is 82.4 cm³/mol. The molecule has 0 aromatic rings. The van der Waals surface area contributed by atoms with Gasteiger partial charge in [-0.1, -0.05) is 20.8 Å². The van der Waals surface area contributed by atoms with E-state index in [9.17, 15) is 9.59 Å². The molecule has 0 radical (unpaired) electrons. The molecule has 5 nitrogen and oxygen atoms in total. The maximum absolute atomic E-state index is 11.6. The molecule has 0 unspecified atom stereocenters. The van der Waals surface area contributed by atoms with Crippen LogP contribution in [0, 0.1) is 0 Å². The highest BCUT2D eigenvalue weighted by Crippen LogP contribution is 2.36. The lowest BCUT2D eigenvalue weighted by atomic mass is 10.2. The van der Waals surface area contributed by atoms with Gasteiger partial charge in [0, 0.05) is 0 Å². The molecule has 0 aromatic heterocycles. The largest absolute Gasteiger partial charge is 0.444 e. The van der Waals surface area contributed by atoms with Gasteiger partial charge in [-0.3, -0.25) is 0 Å². The average molecular weight is 303 g/mol. The molecule has 0 aliphatic carbocycles. The quantitative estimate of drug-likeness (QED) is 0.626. The van der Waals surface area contributed by atoms with Gasteiger partial charge in [0.15, 0.2) is 8.32 Å². The molecule has 0 aliphatic heterocycles. The first kappa shape index (κ1) is 19.1. The minimum absolute atomic E-state index is 0.0619. The molecule has 0 saturated heterocycles. The molecule has 0 fully saturated rings. The SMILES string of the molecule is CC(C)(C)OC(=O)N[C@H](C=O)CO[Si](C)(C)C(C)(C)C. The second kappa shape index (κ2) is 6.71. The summed E-state index contributed by atoms with van der Waals surface area (Å²) in [6, 6.07) is -0.682. The number of hydrogen-bond donors (Lipinski definition) is 1. The summed E-state index contributed by atoms with van der Waals surface area (Å²) in [7, 11) is -1.93. The number of carbonyl (C=O) groups excluding carboxylic acids is 2. The number of carbonyl (C=O) groups is 2. The van der Waals surface area contributed by atoms with Crippen LogP contribution in [0.25, 0.3) is 0 Å². The van der Waals surface area contributed by atoms with Crippen LogP contribution in [0.2, 0.25) is 18.1 Å². The van der Waals surface area contributed by atoms with Crippen LogP contribution >= 0.6 is 0 Å². The van der Waals surface area contributed by atoms with Crippen LogP contribution in [0.5, 0.6) is 0 Å². The molecule has 1 amide bonds. The maximum Gasteiger partial charge on any atom is 0.408 e. The van der Waals surface area contributed by atoms with Gasteiger partial charge in [-0.2, -0.15) is 0 Å². The van der Waals surface area contributed by atoms with E-state index >= 15 is 0 Å². The average Bonchev–Trinajstić information content (AvgIpc) is 2.19. The number of ether oxygens (including phenoxy) is 1. The van der Waals surface area contributed by atoms with Crippen molar-refractivity contribution in [3.05, 3.63) is 0 Å². The zero-order chi connectivity index (χ0) is 16.2. The van der Waals surface area contributed by atoms with Gasteiger partial charge in [0.1, 0.15) is 17.9 Å². The number of rotatable bonds is 5. The minimum atomic E-state index is -1.93. The normalized spacial score (nSPS) is 14.6. The highest BCUT2D eigenvalue weighted by molar-refractivity contribution is 6.74. The first-order valence-electron chi connectivity index (χ1n) is 6.87. The second-order valence-corrected chi connectivity index (χ2v) is 12.3. The first-order chi connectivity index (χ1) is 8.78. The van der Waals surface area contributed by atoms with Crippen LogP contribution in [0.3, 0.4) is 0 Å². The Morgan fingerprint density at radius 1 is 1.20 bits per heavy atom. The van der Waals surface area contributed by atoms with Crippen LogP contribution in [0.4, 0.5) is 4.79 Å². The Morgan fingerprint density at radius 3 is 2.05 bits per heavy atom. The highest BCUT2D eigenvalue weighted by atomic mass is 28.4. The van der Waals surface area contributed by atoms with Crippen LogP contribution in [-0.4, -0.2) is 38.9 Å². The molecule has 0 bridgehead atoms. The molecule has 0 spiro atoms. The second-order valence-electron chi connectivity index (χ2n) is 7.46. The lowest BCUT2D eigenvalue weighted by molar-refractivity contribution is -0.110. The zero-order valence-electron chi connectivity index (χ0n) is 14.0. The van der Waals surface area contributed by atoms with Crippen LogP contribution in [0.15, 0.2) is 0 Å². The molecular weight excluding hydrogens is 274 g/mol. The van der Waals surface area contributed by atoms with Gasteiger partial charge in [0.2, 0.25) is 0 Å². The Bertz CT molecular complexity index is 342. The lowest BCUT2D eigenvalue weighted by Gasteiger charge is -2.36. The Balaban J connectivity index is 4.45. The number of aldehydes is 1. The van der Waals surface area contributed by atoms with Gasteiger partial charge in [-0.15, -0.1) is 0 Å². The van der Waals surface area contributed by atoms with E-state index in [1.807, 2.05) is 0 Å². The molecular formula is C14H29NO4Si. The maximum atomic E-state index is 11.6. The molecule has 20 heavy (non-hydrogen) atoms. The third kappa shape index (κ3) is 7.05. The highest BCUT2D eigenvalue weighted by Gasteiger charge is 2.37. The minimum Gasteiger partial charge on any atom is -0.444 e. The van der Waals surface area contributed by atoms with Gasteiger partial charge in [-0.05, 0) is 38.9 Å². The first-order valence-corrected chi connectivity index (χ1v) is 9.78. The standard InChI is InChI=1S/C14H29NO4Si/c1-13(2,3)19-12(17)15-11(9-16)10-18-20(7,8)14(4,5)6/h9,11H,10H2,1-8H3,(H,15,17)/t11-/m1/s1. The van der Waals surface area contributed by atoms with Gasteiger partial charge in [-0.25, -0.2) is 4.79 Å². The van der Waals surface area contributed by atoms with Crippen molar-refractivity contribution in [2.45, 2.75) is 71.3 Å².